The van der Waals surface area contributed by atoms with Gasteiger partial charge in [-0.3, -0.25) is 9.48 Å². The molecule has 2 aromatic heterocycles. The standard InChI is InChI=1S/C14H16FN3O2/c15-2-3-18-9-13(6-16-18)14(19)17-7-12(8-17)5-11-1-4-20-10-11/h1,4,6,9-10,12H,2-3,5,7-8H2. The fourth-order valence-corrected chi connectivity index (χ4v) is 2.47. The molecule has 0 spiro atoms. The molecule has 0 radical (unpaired) electrons. The largest absolute Gasteiger partial charge is 0.472 e. The molecule has 1 aliphatic rings. The molecule has 106 valence electrons. The van der Waals surface area contributed by atoms with Crippen molar-refractivity contribution in [3.8, 4) is 0 Å². The van der Waals surface area contributed by atoms with E-state index < -0.39 is 6.67 Å². The van der Waals surface area contributed by atoms with Gasteiger partial charge in [-0.15, -0.1) is 0 Å². The van der Waals surface area contributed by atoms with E-state index in [1.807, 2.05) is 6.07 Å². The number of nitrogens with zero attached hydrogens (tertiary/aromatic N) is 3. The number of likely N-dealkylation sites (tertiary alicyclic amines) is 1. The molecule has 0 aromatic carbocycles. The number of aromatic nitrogens is 2. The number of hydrogen-bond donors (Lipinski definition) is 0. The van der Waals surface area contributed by atoms with Gasteiger partial charge in [-0.25, -0.2) is 4.39 Å². The van der Waals surface area contributed by atoms with E-state index in [9.17, 15) is 9.18 Å². The molecule has 2 aromatic rings. The molecule has 5 nitrogen and oxygen atoms in total. The predicted octanol–water partition coefficient (Wildman–Crippen LogP) is 1.76. The van der Waals surface area contributed by atoms with Crippen LogP contribution in [0.15, 0.2) is 35.4 Å². The Bertz CT molecular complexity index is 573. The normalized spacial score (nSPS) is 15.3. The van der Waals surface area contributed by atoms with E-state index >= 15 is 0 Å². The van der Waals surface area contributed by atoms with Crippen LogP contribution in [-0.2, 0) is 13.0 Å². The maximum absolute atomic E-state index is 12.2. The van der Waals surface area contributed by atoms with Crippen molar-refractivity contribution in [2.24, 2.45) is 5.92 Å². The van der Waals surface area contributed by atoms with Crippen molar-refractivity contribution < 1.29 is 13.6 Å². The summed E-state index contributed by atoms with van der Waals surface area (Å²) in [4.78, 5) is 13.9. The molecule has 0 N–H and O–H groups in total. The Morgan fingerprint density at radius 3 is 3.05 bits per heavy atom. The number of carbonyl (C=O) groups excluding carboxylic acids is 1. The molecular weight excluding hydrogens is 261 g/mol. The number of alkyl halides is 1. The zero-order valence-electron chi connectivity index (χ0n) is 11.0. The third-order valence-corrected chi connectivity index (χ3v) is 3.54. The van der Waals surface area contributed by atoms with Gasteiger partial charge in [-0.2, -0.15) is 5.10 Å². The molecule has 1 aliphatic heterocycles. The van der Waals surface area contributed by atoms with Gasteiger partial charge in [-0.05, 0) is 24.0 Å². The first kappa shape index (κ1) is 12.9. The monoisotopic (exact) mass is 277 g/mol. The fourth-order valence-electron chi connectivity index (χ4n) is 2.47. The van der Waals surface area contributed by atoms with Crippen LogP contribution in [0, 0.1) is 5.92 Å². The van der Waals surface area contributed by atoms with Crippen molar-refractivity contribution in [3.05, 3.63) is 42.1 Å². The molecular formula is C14H16FN3O2. The van der Waals surface area contributed by atoms with Crippen molar-refractivity contribution in [2.45, 2.75) is 13.0 Å². The lowest BCUT2D eigenvalue weighted by Gasteiger charge is -2.39. The number of rotatable bonds is 5. The van der Waals surface area contributed by atoms with E-state index in [0.29, 0.717) is 11.5 Å². The summed E-state index contributed by atoms with van der Waals surface area (Å²) < 4.78 is 18.7. The highest BCUT2D eigenvalue weighted by Gasteiger charge is 2.31. The van der Waals surface area contributed by atoms with Crippen LogP contribution in [0.2, 0.25) is 0 Å². The van der Waals surface area contributed by atoms with Gasteiger partial charge in [0.05, 0.1) is 30.8 Å². The number of halogens is 1. The van der Waals surface area contributed by atoms with Crippen LogP contribution in [-0.4, -0.2) is 40.4 Å². The van der Waals surface area contributed by atoms with E-state index in [-0.39, 0.29) is 12.5 Å². The highest BCUT2D eigenvalue weighted by Crippen LogP contribution is 2.22. The Labute approximate surface area is 116 Å². The van der Waals surface area contributed by atoms with E-state index in [1.165, 1.54) is 10.9 Å². The number of amides is 1. The number of carbonyl (C=O) groups is 1. The van der Waals surface area contributed by atoms with Crippen LogP contribution >= 0.6 is 0 Å². The molecule has 0 atom stereocenters. The second kappa shape index (κ2) is 5.48. The summed E-state index contributed by atoms with van der Waals surface area (Å²) in [5.74, 6) is 0.455. The van der Waals surface area contributed by atoms with Gasteiger partial charge in [-0.1, -0.05) is 0 Å². The highest BCUT2D eigenvalue weighted by atomic mass is 19.1. The first-order valence-electron chi connectivity index (χ1n) is 6.65. The SMILES string of the molecule is O=C(c1cnn(CCF)c1)N1CC(Cc2ccoc2)C1. The molecule has 20 heavy (non-hydrogen) atoms. The lowest BCUT2D eigenvalue weighted by atomic mass is 9.93. The molecule has 3 heterocycles. The minimum Gasteiger partial charge on any atom is -0.472 e. The second-order valence-electron chi connectivity index (χ2n) is 5.09. The first-order valence-corrected chi connectivity index (χ1v) is 6.65. The summed E-state index contributed by atoms with van der Waals surface area (Å²) in [6.07, 6.45) is 7.44. The topological polar surface area (TPSA) is 51.3 Å². The Kier molecular flexibility index (Phi) is 3.54. The molecule has 0 aliphatic carbocycles. The van der Waals surface area contributed by atoms with Crippen LogP contribution in [0.5, 0.6) is 0 Å². The number of hydrogen-bond acceptors (Lipinski definition) is 3. The maximum Gasteiger partial charge on any atom is 0.257 e. The molecule has 0 saturated carbocycles. The zero-order chi connectivity index (χ0) is 13.9. The predicted molar refractivity (Wildman–Crippen MR) is 70.0 cm³/mol. The van der Waals surface area contributed by atoms with Gasteiger partial charge in [0.15, 0.2) is 0 Å². The third kappa shape index (κ3) is 2.59. The molecule has 0 unspecified atom stereocenters. The Morgan fingerprint density at radius 2 is 2.35 bits per heavy atom. The van der Waals surface area contributed by atoms with Crippen molar-refractivity contribution in [1.29, 1.82) is 0 Å². The van der Waals surface area contributed by atoms with Crippen LogP contribution in [0.3, 0.4) is 0 Å². The van der Waals surface area contributed by atoms with Crippen molar-refractivity contribution >= 4 is 5.91 Å². The van der Waals surface area contributed by atoms with Gasteiger partial charge in [0.1, 0.15) is 6.67 Å². The Hall–Kier alpha value is -2.11. The Morgan fingerprint density at radius 1 is 1.50 bits per heavy atom. The molecule has 1 saturated heterocycles. The average molecular weight is 277 g/mol. The lowest BCUT2D eigenvalue weighted by molar-refractivity contribution is 0.0501. The molecule has 1 amide bonds. The minimum absolute atomic E-state index is 0.0291. The summed E-state index contributed by atoms with van der Waals surface area (Å²) in [5.41, 5.74) is 1.69. The van der Waals surface area contributed by atoms with E-state index in [2.05, 4.69) is 5.10 Å². The molecule has 3 rings (SSSR count). The fraction of sp³-hybridized carbons (Fsp3) is 0.429. The zero-order valence-corrected chi connectivity index (χ0v) is 11.0. The summed E-state index contributed by atoms with van der Waals surface area (Å²) in [6, 6.07) is 1.95. The van der Waals surface area contributed by atoms with E-state index in [0.717, 1.165) is 25.1 Å². The van der Waals surface area contributed by atoms with Crippen LogP contribution in [0.25, 0.3) is 0 Å². The third-order valence-electron chi connectivity index (χ3n) is 3.54. The number of aryl methyl sites for hydroxylation is 1. The van der Waals surface area contributed by atoms with Crippen LogP contribution in [0.1, 0.15) is 15.9 Å². The smallest absolute Gasteiger partial charge is 0.257 e. The van der Waals surface area contributed by atoms with Gasteiger partial charge in [0.2, 0.25) is 0 Å². The van der Waals surface area contributed by atoms with Crippen molar-refractivity contribution in [1.82, 2.24) is 14.7 Å². The number of furan rings is 1. The minimum atomic E-state index is -0.480. The molecule has 1 fully saturated rings. The van der Waals surface area contributed by atoms with Gasteiger partial charge in [0, 0.05) is 19.3 Å². The van der Waals surface area contributed by atoms with Gasteiger partial charge < -0.3 is 9.32 Å². The first-order chi connectivity index (χ1) is 9.76. The van der Waals surface area contributed by atoms with E-state index in [4.69, 9.17) is 4.42 Å². The van der Waals surface area contributed by atoms with Gasteiger partial charge in [0.25, 0.3) is 5.91 Å². The summed E-state index contributed by atoms with van der Waals surface area (Å²) in [7, 11) is 0. The Balaban J connectivity index is 1.52. The molecule has 0 bridgehead atoms. The average Bonchev–Trinajstić information content (AvgIpc) is 3.04. The van der Waals surface area contributed by atoms with Gasteiger partial charge >= 0.3 is 0 Å². The summed E-state index contributed by atoms with van der Waals surface area (Å²) >= 11 is 0. The van der Waals surface area contributed by atoms with E-state index in [1.54, 1.807) is 23.6 Å². The van der Waals surface area contributed by atoms with Crippen LogP contribution in [0.4, 0.5) is 4.39 Å². The second-order valence-corrected chi connectivity index (χ2v) is 5.09. The van der Waals surface area contributed by atoms with Crippen molar-refractivity contribution in [3.63, 3.8) is 0 Å². The van der Waals surface area contributed by atoms with Crippen molar-refractivity contribution in [2.75, 3.05) is 19.8 Å². The lowest BCUT2D eigenvalue weighted by Crippen LogP contribution is -2.50. The summed E-state index contributed by atoms with van der Waals surface area (Å²) in [6.45, 7) is 1.21. The highest BCUT2D eigenvalue weighted by molar-refractivity contribution is 5.94. The molecule has 6 heteroatoms. The maximum atomic E-state index is 12.2. The van der Waals surface area contributed by atoms with Crippen LogP contribution < -0.4 is 0 Å². The quantitative estimate of drug-likeness (QED) is 0.836. The summed E-state index contributed by atoms with van der Waals surface area (Å²) in [5, 5.41) is 3.96.